The second-order valence-electron chi connectivity index (χ2n) is 6.90. The van der Waals surface area contributed by atoms with Crippen molar-refractivity contribution in [3.05, 3.63) is 42.0 Å². The Bertz CT molecular complexity index is 653. The number of hydrogen-bond donors (Lipinski definition) is 3. The topological polar surface area (TPSA) is 104 Å². The van der Waals surface area contributed by atoms with E-state index < -0.39 is 23.5 Å². The Balaban J connectivity index is 2.15. The fraction of sp³-hybridized carbons (Fsp3) is 0.474. The van der Waals surface area contributed by atoms with Gasteiger partial charge < -0.3 is 20.8 Å². The van der Waals surface area contributed by atoms with Crippen molar-refractivity contribution in [2.24, 2.45) is 17.6 Å². The minimum Gasteiger partial charge on any atom is -0.365 e. The summed E-state index contributed by atoms with van der Waals surface area (Å²) < 4.78 is 0. The fourth-order valence-electron chi connectivity index (χ4n) is 3.08. The van der Waals surface area contributed by atoms with Crippen molar-refractivity contribution >= 4 is 17.4 Å². The third-order valence-corrected chi connectivity index (χ3v) is 4.52. The molecule has 25 heavy (non-hydrogen) atoms. The first-order valence-corrected chi connectivity index (χ1v) is 8.51. The first kappa shape index (κ1) is 19.1. The molecular formula is C19H26N2O4. The van der Waals surface area contributed by atoms with Gasteiger partial charge in [-0.1, -0.05) is 50.3 Å². The molecule has 0 radical (unpaired) electrons. The van der Waals surface area contributed by atoms with E-state index in [4.69, 9.17) is 5.73 Å². The van der Waals surface area contributed by atoms with Crippen LogP contribution in [0.4, 0.5) is 0 Å². The summed E-state index contributed by atoms with van der Waals surface area (Å²) in [7, 11) is 0. The van der Waals surface area contributed by atoms with E-state index in [0.717, 1.165) is 11.1 Å². The smallest absolute Gasteiger partial charge is 0.278 e. The lowest BCUT2D eigenvalue weighted by Gasteiger charge is -2.35. The van der Waals surface area contributed by atoms with E-state index in [9.17, 15) is 19.8 Å². The number of nitrogens with zero attached hydrogens (tertiary/aromatic N) is 1. The molecule has 6 heteroatoms. The standard InChI is InChI=1S/C19H26N2O4/c1-13(2)12-16(19(24,25)18(20)23)17(22)21-10-8-15(9-11-21)14-6-4-3-5-7-14/h3-8,13,16,24-25H,9-12H2,1-2H3,(H2,20,23). The SMILES string of the molecule is CC(C)CC(C(=O)N1CC=C(c2ccccc2)CC1)C(O)(O)C(N)=O. The molecule has 0 saturated heterocycles. The van der Waals surface area contributed by atoms with Gasteiger partial charge in [0, 0.05) is 13.1 Å². The zero-order valence-corrected chi connectivity index (χ0v) is 14.7. The minimum atomic E-state index is -2.84. The van der Waals surface area contributed by atoms with E-state index in [0.29, 0.717) is 19.5 Å². The van der Waals surface area contributed by atoms with E-state index >= 15 is 0 Å². The maximum Gasteiger partial charge on any atom is 0.278 e. The molecule has 2 amide bonds. The average molecular weight is 346 g/mol. The molecule has 1 aliphatic rings. The van der Waals surface area contributed by atoms with Crippen LogP contribution in [0.5, 0.6) is 0 Å². The molecule has 0 spiro atoms. The molecule has 6 nitrogen and oxygen atoms in total. The third kappa shape index (κ3) is 4.46. The second-order valence-corrected chi connectivity index (χ2v) is 6.90. The monoisotopic (exact) mass is 346 g/mol. The molecule has 1 aliphatic heterocycles. The Labute approximate surface area is 147 Å². The van der Waals surface area contributed by atoms with Crippen molar-refractivity contribution in [3.8, 4) is 0 Å². The summed E-state index contributed by atoms with van der Waals surface area (Å²) >= 11 is 0. The molecule has 2 rings (SSSR count). The lowest BCUT2D eigenvalue weighted by atomic mass is 9.87. The summed E-state index contributed by atoms with van der Waals surface area (Å²) in [4.78, 5) is 25.8. The van der Waals surface area contributed by atoms with Crippen molar-refractivity contribution in [3.63, 3.8) is 0 Å². The number of carbonyl (C=O) groups excluding carboxylic acids is 2. The van der Waals surface area contributed by atoms with E-state index in [2.05, 4.69) is 0 Å². The first-order valence-electron chi connectivity index (χ1n) is 8.51. The summed E-state index contributed by atoms with van der Waals surface area (Å²) in [6, 6.07) is 9.91. The van der Waals surface area contributed by atoms with Crippen molar-refractivity contribution < 1.29 is 19.8 Å². The predicted octanol–water partition coefficient (Wildman–Crippen LogP) is 1.13. The molecule has 136 valence electrons. The third-order valence-electron chi connectivity index (χ3n) is 4.52. The lowest BCUT2D eigenvalue weighted by molar-refractivity contribution is -0.209. The quantitative estimate of drug-likeness (QED) is 0.672. The molecule has 4 N–H and O–H groups in total. The van der Waals surface area contributed by atoms with Gasteiger partial charge in [0.05, 0.1) is 0 Å². The van der Waals surface area contributed by atoms with Crippen LogP contribution in [-0.4, -0.2) is 45.8 Å². The van der Waals surface area contributed by atoms with Gasteiger partial charge in [-0.15, -0.1) is 0 Å². The van der Waals surface area contributed by atoms with Crippen molar-refractivity contribution in [2.45, 2.75) is 32.5 Å². The summed E-state index contributed by atoms with van der Waals surface area (Å²) in [5, 5.41) is 20.1. The summed E-state index contributed by atoms with van der Waals surface area (Å²) in [6.45, 7) is 4.53. The number of carbonyl (C=O) groups is 2. The van der Waals surface area contributed by atoms with Crippen molar-refractivity contribution in [1.29, 1.82) is 0 Å². The van der Waals surface area contributed by atoms with Crippen LogP contribution in [0.3, 0.4) is 0 Å². The highest BCUT2D eigenvalue weighted by Crippen LogP contribution is 2.28. The second kappa shape index (κ2) is 7.80. The van der Waals surface area contributed by atoms with Crippen LogP contribution in [0, 0.1) is 11.8 Å². The molecule has 1 heterocycles. The number of nitrogens with two attached hydrogens (primary N) is 1. The Kier molecular flexibility index (Phi) is 5.98. The Morgan fingerprint density at radius 2 is 1.88 bits per heavy atom. The molecular weight excluding hydrogens is 320 g/mol. The highest BCUT2D eigenvalue weighted by atomic mass is 16.5. The van der Waals surface area contributed by atoms with Crippen LogP contribution in [0.25, 0.3) is 5.57 Å². The van der Waals surface area contributed by atoms with E-state index in [1.54, 1.807) is 4.90 Å². The van der Waals surface area contributed by atoms with Crippen LogP contribution in [-0.2, 0) is 9.59 Å². The van der Waals surface area contributed by atoms with Gasteiger partial charge in [-0.25, -0.2) is 0 Å². The average Bonchev–Trinajstić information content (AvgIpc) is 2.59. The highest BCUT2D eigenvalue weighted by molar-refractivity contribution is 5.90. The number of hydrogen-bond acceptors (Lipinski definition) is 4. The predicted molar refractivity (Wildman–Crippen MR) is 94.9 cm³/mol. The van der Waals surface area contributed by atoms with Crippen LogP contribution in [0.1, 0.15) is 32.3 Å². The molecule has 1 aromatic carbocycles. The van der Waals surface area contributed by atoms with Crippen molar-refractivity contribution in [2.75, 3.05) is 13.1 Å². The van der Waals surface area contributed by atoms with Crippen LogP contribution in [0.15, 0.2) is 36.4 Å². The molecule has 0 saturated carbocycles. The Morgan fingerprint density at radius 3 is 2.36 bits per heavy atom. The molecule has 0 bridgehead atoms. The van der Waals surface area contributed by atoms with Gasteiger partial charge in [-0.3, -0.25) is 9.59 Å². The minimum absolute atomic E-state index is 0.00665. The number of benzene rings is 1. The van der Waals surface area contributed by atoms with Gasteiger partial charge in [0.2, 0.25) is 5.91 Å². The number of primary amides is 1. The Hall–Kier alpha value is -2.18. The number of amides is 2. The summed E-state index contributed by atoms with van der Waals surface area (Å²) in [5.74, 6) is -5.86. The zero-order chi connectivity index (χ0) is 18.6. The molecule has 0 fully saturated rings. The fourth-order valence-corrected chi connectivity index (χ4v) is 3.08. The van der Waals surface area contributed by atoms with E-state index in [1.807, 2.05) is 50.3 Å². The van der Waals surface area contributed by atoms with Crippen LogP contribution in [0.2, 0.25) is 0 Å². The maximum absolute atomic E-state index is 12.8. The van der Waals surface area contributed by atoms with E-state index in [1.165, 1.54) is 0 Å². The normalized spacial score (nSPS) is 16.5. The van der Waals surface area contributed by atoms with Crippen molar-refractivity contribution in [1.82, 2.24) is 4.90 Å². The van der Waals surface area contributed by atoms with Gasteiger partial charge in [0.25, 0.3) is 11.7 Å². The molecule has 1 unspecified atom stereocenters. The first-order chi connectivity index (χ1) is 11.7. The van der Waals surface area contributed by atoms with Gasteiger partial charge in [0.15, 0.2) is 0 Å². The van der Waals surface area contributed by atoms with Gasteiger partial charge in [0.1, 0.15) is 5.92 Å². The summed E-state index contributed by atoms with van der Waals surface area (Å²) in [5.41, 5.74) is 7.36. The number of rotatable bonds is 6. The maximum atomic E-state index is 12.8. The molecule has 0 aliphatic carbocycles. The van der Waals surface area contributed by atoms with Crippen LogP contribution < -0.4 is 5.73 Å². The molecule has 1 aromatic rings. The highest BCUT2D eigenvalue weighted by Gasteiger charge is 2.46. The molecule has 0 aromatic heterocycles. The zero-order valence-electron chi connectivity index (χ0n) is 14.7. The van der Waals surface area contributed by atoms with E-state index in [-0.39, 0.29) is 12.3 Å². The number of aliphatic hydroxyl groups is 2. The Morgan fingerprint density at radius 1 is 1.24 bits per heavy atom. The largest absolute Gasteiger partial charge is 0.365 e. The van der Waals surface area contributed by atoms with Gasteiger partial charge in [-0.2, -0.15) is 0 Å². The van der Waals surface area contributed by atoms with Gasteiger partial charge in [-0.05, 0) is 29.9 Å². The van der Waals surface area contributed by atoms with Crippen LogP contribution >= 0.6 is 0 Å². The van der Waals surface area contributed by atoms with Gasteiger partial charge >= 0.3 is 0 Å². The molecule has 1 atom stereocenters. The summed E-state index contributed by atoms with van der Waals surface area (Å²) in [6.07, 6.45) is 2.80. The lowest BCUT2D eigenvalue weighted by Crippen LogP contribution is -2.56.